The van der Waals surface area contributed by atoms with Gasteiger partial charge in [-0.2, -0.15) is 0 Å². The van der Waals surface area contributed by atoms with Crippen molar-refractivity contribution in [2.24, 2.45) is 0 Å². The number of rotatable bonds is 5. The third-order valence-corrected chi connectivity index (χ3v) is 6.29. The monoisotopic (exact) mass is 456 g/mol. The first kappa shape index (κ1) is 17.7. The van der Waals surface area contributed by atoms with E-state index >= 15 is 0 Å². The molecule has 1 aromatic carbocycles. The van der Waals surface area contributed by atoms with Crippen molar-refractivity contribution in [3.8, 4) is 0 Å². The van der Waals surface area contributed by atoms with Crippen LogP contribution in [0.25, 0.3) is 0 Å². The molecule has 0 spiro atoms. The molecule has 0 bridgehead atoms. The maximum Gasteiger partial charge on any atom is 0.339 e. The first-order valence-electron chi connectivity index (χ1n) is 8.28. The fraction of sp³-hybridized carbons (Fsp3) is 0.444. The molecular weight excluding hydrogens is 435 g/mol. The number of carbonyl (C=O) groups excluding carboxylic acids is 1. The number of ether oxygens (including phenoxy) is 1. The Balaban J connectivity index is 1.84. The number of fused-ring (bicyclic) bond motifs is 1. The number of nitrogens with two attached hydrogens (primary N) is 1. The Hall–Kier alpha value is -1.15. The predicted octanol–water partition coefficient (Wildman–Crippen LogP) is 4.56. The van der Waals surface area contributed by atoms with Gasteiger partial charge >= 0.3 is 5.97 Å². The van der Waals surface area contributed by atoms with Crippen LogP contribution in [0.1, 0.15) is 58.5 Å². The molecule has 1 aromatic heterocycles. The van der Waals surface area contributed by atoms with E-state index in [-0.39, 0.29) is 5.97 Å². The molecule has 1 aliphatic carbocycles. The second-order valence-electron chi connectivity index (χ2n) is 6.00. The van der Waals surface area contributed by atoms with Crippen LogP contribution in [0.15, 0.2) is 18.3 Å². The van der Waals surface area contributed by atoms with Gasteiger partial charge in [-0.15, -0.1) is 11.3 Å². The highest BCUT2D eigenvalue weighted by molar-refractivity contribution is 14.1. The Kier molecular flexibility index (Phi) is 5.76. The van der Waals surface area contributed by atoms with E-state index in [1.807, 2.05) is 13.1 Å². The number of aryl methyl sites for hydroxylation is 1. The van der Waals surface area contributed by atoms with Gasteiger partial charge in [0.2, 0.25) is 0 Å². The van der Waals surface area contributed by atoms with Crippen molar-refractivity contribution in [1.82, 2.24) is 4.98 Å². The van der Waals surface area contributed by atoms with Gasteiger partial charge < -0.3 is 10.5 Å². The van der Waals surface area contributed by atoms with Gasteiger partial charge in [0.25, 0.3) is 0 Å². The van der Waals surface area contributed by atoms with Gasteiger partial charge in [0, 0.05) is 14.6 Å². The molecule has 1 unspecified atom stereocenters. The summed E-state index contributed by atoms with van der Waals surface area (Å²) in [5.74, 6) is 0.303. The standard InChI is InChI=1S/C18H21IN2O2S/c1-2-23-17(22)16-14-5-3-4-11(13(14)8-9-15(16)19)6-7-12-10-21-18(20)24-12/h8-11H,2-7H2,1H3,(H2,20,21). The van der Waals surface area contributed by atoms with Crippen LogP contribution in [0.5, 0.6) is 0 Å². The number of benzene rings is 1. The van der Waals surface area contributed by atoms with Gasteiger partial charge in [0.1, 0.15) is 0 Å². The predicted molar refractivity (Wildman–Crippen MR) is 106 cm³/mol. The molecule has 1 aliphatic rings. The summed E-state index contributed by atoms with van der Waals surface area (Å²) in [7, 11) is 0. The van der Waals surface area contributed by atoms with Crippen LogP contribution in [0.4, 0.5) is 5.13 Å². The molecule has 2 aromatic rings. The molecule has 0 saturated heterocycles. The van der Waals surface area contributed by atoms with Crippen molar-refractivity contribution in [3.05, 3.63) is 43.5 Å². The minimum atomic E-state index is -0.186. The van der Waals surface area contributed by atoms with Crippen LogP contribution in [0.3, 0.4) is 0 Å². The van der Waals surface area contributed by atoms with Gasteiger partial charge in [-0.1, -0.05) is 6.07 Å². The molecule has 2 N–H and O–H groups in total. The number of nitrogen functional groups attached to an aromatic ring is 1. The van der Waals surface area contributed by atoms with Crippen LogP contribution in [0, 0.1) is 3.57 Å². The van der Waals surface area contributed by atoms with E-state index in [2.05, 4.69) is 39.7 Å². The van der Waals surface area contributed by atoms with Crippen molar-refractivity contribution in [2.75, 3.05) is 12.3 Å². The van der Waals surface area contributed by atoms with Gasteiger partial charge in [0.15, 0.2) is 5.13 Å². The van der Waals surface area contributed by atoms with Crippen molar-refractivity contribution in [2.45, 2.75) is 44.9 Å². The molecule has 4 nitrogen and oxygen atoms in total. The lowest BCUT2D eigenvalue weighted by atomic mass is 9.78. The summed E-state index contributed by atoms with van der Waals surface area (Å²) >= 11 is 3.81. The zero-order valence-corrected chi connectivity index (χ0v) is 16.7. The molecule has 3 rings (SSSR count). The quantitative estimate of drug-likeness (QED) is 0.529. The average Bonchev–Trinajstić information content (AvgIpc) is 2.98. The van der Waals surface area contributed by atoms with Crippen molar-refractivity contribution in [1.29, 1.82) is 0 Å². The number of carbonyl (C=O) groups is 1. The lowest BCUT2D eigenvalue weighted by molar-refractivity contribution is 0.0523. The molecule has 6 heteroatoms. The number of anilines is 1. The number of esters is 1. The summed E-state index contributed by atoms with van der Waals surface area (Å²) in [6.45, 7) is 2.26. The fourth-order valence-corrected chi connectivity index (χ4v) is 4.87. The van der Waals surface area contributed by atoms with Crippen LogP contribution in [-0.4, -0.2) is 17.6 Å². The Morgan fingerprint density at radius 1 is 1.50 bits per heavy atom. The minimum Gasteiger partial charge on any atom is -0.462 e. The second kappa shape index (κ2) is 7.82. The number of hydrogen-bond acceptors (Lipinski definition) is 5. The largest absolute Gasteiger partial charge is 0.462 e. The molecule has 0 fully saturated rings. The highest BCUT2D eigenvalue weighted by Gasteiger charge is 2.26. The molecule has 24 heavy (non-hydrogen) atoms. The number of aromatic nitrogens is 1. The Morgan fingerprint density at radius 2 is 2.33 bits per heavy atom. The van der Waals surface area contributed by atoms with Crippen molar-refractivity contribution < 1.29 is 9.53 Å². The van der Waals surface area contributed by atoms with E-state index in [9.17, 15) is 4.79 Å². The number of halogens is 1. The summed E-state index contributed by atoms with van der Waals surface area (Å²) in [6.07, 6.45) is 7.18. The van der Waals surface area contributed by atoms with Gasteiger partial charge in [-0.25, -0.2) is 9.78 Å². The second-order valence-corrected chi connectivity index (χ2v) is 8.31. The first-order chi connectivity index (χ1) is 11.6. The van der Waals surface area contributed by atoms with E-state index in [0.717, 1.165) is 34.8 Å². The number of hydrogen-bond donors (Lipinski definition) is 1. The normalized spacial score (nSPS) is 16.7. The smallest absolute Gasteiger partial charge is 0.339 e. The van der Waals surface area contributed by atoms with Crippen molar-refractivity contribution in [3.63, 3.8) is 0 Å². The molecule has 0 amide bonds. The van der Waals surface area contributed by atoms with Gasteiger partial charge in [-0.05, 0) is 84.7 Å². The Bertz CT molecular complexity index is 745. The number of thiazole rings is 1. The van der Waals surface area contributed by atoms with Crippen LogP contribution >= 0.6 is 33.9 Å². The molecule has 0 radical (unpaired) electrons. The third kappa shape index (κ3) is 3.74. The van der Waals surface area contributed by atoms with Crippen LogP contribution < -0.4 is 5.73 Å². The summed E-state index contributed by atoms with van der Waals surface area (Å²) < 4.78 is 6.26. The highest BCUT2D eigenvalue weighted by Crippen LogP contribution is 2.38. The molecule has 1 heterocycles. The Labute approximate surface area is 160 Å². The van der Waals surface area contributed by atoms with Gasteiger partial charge in [0.05, 0.1) is 12.2 Å². The highest BCUT2D eigenvalue weighted by atomic mass is 127. The fourth-order valence-electron chi connectivity index (χ4n) is 3.45. The van der Waals surface area contributed by atoms with Crippen molar-refractivity contribution >= 4 is 45.0 Å². The van der Waals surface area contributed by atoms with E-state index in [1.165, 1.54) is 22.4 Å². The lowest BCUT2D eigenvalue weighted by Gasteiger charge is -2.27. The van der Waals surface area contributed by atoms with Crippen LogP contribution in [0.2, 0.25) is 0 Å². The molecular formula is C18H21IN2O2S. The minimum absolute atomic E-state index is 0.186. The summed E-state index contributed by atoms with van der Waals surface area (Å²) in [4.78, 5) is 17.7. The maximum absolute atomic E-state index is 12.4. The molecule has 1 atom stereocenters. The molecule has 0 aliphatic heterocycles. The van der Waals surface area contributed by atoms with Gasteiger partial charge in [-0.3, -0.25) is 0 Å². The molecule has 128 valence electrons. The lowest BCUT2D eigenvalue weighted by Crippen LogP contribution is -2.18. The zero-order chi connectivity index (χ0) is 17.1. The van der Waals surface area contributed by atoms with E-state index in [1.54, 1.807) is 11.3 Å². The number of nitrogens with zero attached hydrogens (tertiary/aromatic N) is 1. The van der Waals surface area contributed by atoms with E-state index < -0.39 is 0 Å². The topological polar surface area (TPSA) is 65.2 Å². The van der Waals surface area contributed by atoms with Crippen LogP contribution in [-0.2, 0) is 17.6 Å². The maximum atomic E-state index is 12.4. The summed E-state index contributed by atoms with van der Waals surface area (Å²) in [6, 6.07) is 4.25. The summed E-state index contributed by atoms with van der Waals surface area (Å²) in [5, 5.41) is 0.633. The summed E-state index contributed by atoms with van der Waals surface area (Å²) in [5.41, 5.74) is 9.01. The first-order valence-corrected chi connectivity index (χ1v) is 10.2. The Morgan fingerprint density at radius 3 is 3.04 bits per heavy atom. The zero-order valence-electron chi connectivity index (χ0n) is 13.7. The third-order valence-electron chi connectivity index (χ3n) is 4.51. The van der Waals surface area contributed by atoms with E-state index in [4.69, 9.17) is 10.5 Å². The SMILES string of the molecule is CCOC(=O)c1c(I)ccc2c1CCCC2CCc1cnc(N)s1. The average molecular weight is 456 g/mol. The van der Waals surface area contributed by atoms with E-state index in [0.29, 0.717) is 17.7 Å². The molecule has 0 saturated carbocycles.